The molecule has 2 heterocycles. The lowest BCUT2D eigenvalue weighted by Crippen LogP contribution is -2.44. The Kier molecular flexibility index (Phi) is 12.8. The number of nitrogens with zero attached hydrogens (tertiary/aromatic N) is 2. The highest BCUT2D eigenvalue weighted by Gasteiger charge is 2.09. The number of furan rings is 1. The minimum absolute atomic E-state index is 0. The SMILES string of the molecule is CC(C)CCCN=C(NCCc1ccco1)NCCN1CCOCC1.I. The fourth-order valence-electron chi connectivity index (χ4n) is 2.78. The molecule has 6 nitrogen and oxygen atoms in total. The van der Waals surface area contributed by atoms with Gasteiger partial charge in [-0.2, -0.15) is 0 Å². The molecule has 0 bridgehead atoms. The van der Waals surface area contributed by atoms with Gasteiger partial charge in [-0.1, -0.05) is 13.8 Å². The lowest BCUT2D eigenvalue weighted by molar-refractivity contribution is 0.0389. The number of nitrogens with one attached hydrogen (secondary N) is 2. The summed E-state index contributed by atoms with van der Waals surface area (Å²) in [5, 5.41) is 6.88. The van der Waals surface area contributed by atoms with Crippen LogP contribution in [0.15, 0.2) is 27.8 Å². The van der Waals surface area contributed by atoms with E-state index in [1.165, 1.54) is 6.42 Å². The molecule has 1 aliphatic heterocycles. The first kappa shape index (κ1) is 23.2. The summed E-state index contributed by atoms with van der Waals surface area (Å²) in [5.74, 6) is 2.64. The zero-order chi connectivity index (χ0) is 17.7. The van der Waals surface area contributed by atoms with Crippen molar-refractivity contribution in [2.24, 2.45) is 10.9 Å². The van der Waals surface area contributed by atoms with Crippen molar-refractivity contribution in [2.75, 3.05) is 52.5 Å². The summed E-state index contributed by atoms with van der Waals surface area (Å²) in [6, 6.07) is 3.93. The van der Waals surface area contributed by atoms with Crippen molar-refractivity contribution in [3.8, 4) is 0 Å². The van der Waals surface area contributed by atoms with Crippen LogP contribution in [0.1, 0.15) is 32.4 Å². The van der Waals surface area contributed by atoms with E-state index in [4.69, 9.17) is 14.1 Å². The fraction of sp³-hybridized carbons (Fsp3) is 0.737. The van der Waals surface area contributed by atoms with E-state index in [1.807, 2.05) is 12.1 Å². The van der Waals surface area contributed by atoms with Crippen molar-refractivity contribution in [1.82, 2.24) is 15.5 Å². The van der Waals surface area contributed by atoms with E-state index in [2.05, 4.69) is 29.4 Å². The highest BCUT2D eigenvalue weighted by Crippen LogP contribution is 2.03. The third-order valence-electron chi connectivity index (χ3n) is 4.28. The van der Waals surface area contributed by atoms with Gasteiger partial charge in [0.1, 0.15) is 5.76 Å². The van der Waals surface area contributed by atoms with Gasteiger partial charge in [-0.05, 0) is 30.9 Å². The molecule has 26 heavy (non-hydrogen) atoms. The van der Waals surface area contributed by atoms with Crippen LogP contribution in [0, 0.1) is 5.92 Å². The maximum Gasteiger partial charge on any atom is 0.191 e. The molecule has 0 radical (unpaired) electrons. The first-order valence-electron chi connectivity index (χ1n) is 9.58. The molecule has 150 valence electrons. The summed E-state index contributed by atoms with van der Waals surface area (Å²) in [7, 11) is 0. The minimum Gasteiger partial charge on any atom is -0.469 e. The number of hydrogen-bond acceptors (Lipinski definition) is 4. The summed E-state index contributed by atoms with van der Waals surface area (Å²) in [6.07, 6.45) is 4.93. The molecule has 1 saturated heterocycles. The third-order valence-corrected chi connectivity index (χ3v) is 4.28. The van der Waals surface area contributed by atoms with E-state index >= 15 is 0 Å². The highest BCUT2D eigenvalue weighted by molar-refractivity contribution is 14.0. The summed E-state index contributed by atoms with van der Waals surface area (Å²) >= 11 is 0. The fourth-order valence-corrected chi connectivity index (χ4v) is 2.78. The van der Waals surface area contributed by atoms with Gasteiger partial charge in [0.15, 0.2) is 5.96 Å². The number of rotatable bonds is 10. The Bertz CT molecular complexity index is 474. The van der Waals surface area contributed by atoms with Gasteiger partial charge in [0, 0.05) is 45.7 Å². The Balaban J connectivity index is 0.00000338. The van der Waals surface area contributed by atoms with Crippen molar-refractivity contribution < 1.29 is 9.15 Å². The Morgan fingerprint density at radius 2 is 2.00 bits per heavy atom. The van der Waals surface area contributed by atoms with Crippen LogP contribution in [-0.4, -0.2) is 63.3 Å². The van der Waals surface area contributed by atoms with Crippen molar-refractivity contribution >= 4 is 29.9 Å². The van der Waals surface area contributed by atoms with Gasteiger partial charge in [-0.3, -0.25) is 9.89 Å². The summed E-state index contributed by atoms with van der Waals surface area (Å²) in [6.45, 7) is 11.9. The number of hydrogen-bond donors (Lipinski definition) is 2. The van der Waals surface area contributed by atoms with Gasteiger partial charge in [0.25, 0.3) is 0 Å². The molecule has 0 spiro atoms. The molecule has 2 N–H and O–H groups in total. The normalized spacial score (nSPS) is 15.7. The molecule has 1 aliphatic rings. The Morgan fingerprint density at radius 3 is 2.69 bits per heavy atom. The average molecular weight is 478 g/mol. The molecule has 1 aromatic heterocycles. The zero-order valence-electron chi connectivity index (χ0n) is 16.2. The summed E-state index contributed by atoms with van der Waals surface area (Å²) in [5.41, 5.74) is 0. The molecule has 0 aromatic carbocycles. The van der Waals surface area contributed by atoms with Crippen molar-refractivity contribution in [3.05, 3.63) is 24.2 Å². The number of guanidine groups is 1. The smallest absolute Gasteiger partial charge is 0.191 e. The maximum absolute atomic E-state index is 5.39. The van der Waals surface area contributed by atoms with Crippen LogP contribution < -0.4 is 10.6 Å². The molecule has 0 atom stereocenters. The Hall–Kier alpha value is -0.800. The molecule has 7 heteroatoms. The predicted octanol–water partition coefficient (Wildman–Crippen LogP) is 2.74. The molecule has 0 amide bonds. The van der Waals surface area contributed by atoms with Gasteiger partial charge in [-0.15, -0.1) is 24.0 Å². The quantitative estimate of drug-likeness (QED) is 0.235. The standard InChI is InChI=1S/C19H34N4O2.HI/c1-17(2)5-3-8-20-19(21-9-7-18-6-4-14-25-18)22-10-11-23-12-15-24-16-13-23;/h4,6,14,17H,3,5,7-13,15-16H2,1-2H3,(H2,20,21,22);1H. The largest absolute Gasteiger partial charge is 0.469 e. The van der Waals surface area contributed by atoms with E-state index in [-0.39, 0.29) is 24.0 Å². The van der Waals surface area contributed by atoms with Gasteiger partial charge in [-0.25, -0.2) is 0 Å². The maximum atomic E-state index is 5.39. The van der Waals surface area contributed by atoms with Crippen molar-refractivity contribution in [1.29, 1.82) is 0 Å². The van der Waals surface area contributed by atoms with Crippen molar-refractivity contribution in [2.45, 2.75) is 33.1 Å². The molecule has 2 rings (SSSR count). The molecule has 0 aliphatic carbocycles. The molecule has 0 unspecified atom stereocenters. The second kappa shape index (κ2) is 14.3. The second-order valence-electron chi connectivity index (χ2n) is 6.90. The van der Waals surface area contributed by atoms with Gasteiger partial charge in [0.2, 0.25) is 0 Å². The first-order chi connectivity index (χ1) is 12.2. The van der Waals surface area contributed by atoms with Crippen LogP contribution in [0.2, 0.25) is 0 Å². The van der Waals surface area contributed by atoms with Gasteiger partial charge in [0.05, 0.1) is 19.5 Å². The lowest BCUT2D eigenvalue weighted by atomic mass is 10.1. The van der Waals surface area contributed by atoms with Crippen LogP contribution in [0.3, 0.4) is 0 Å². The van der Waals surface area contributed by atoms with E-state index in [0.29, 0.717) is 0 Å². The Labute approximate surface area is 175 Å². The number of aliphatic imine (C=N–C) groups is 1. The highest BCUT2D eigenvalue weighted by atomic mass is 127. The third kappa shape index (κ3) is 10.4. The van der Waals surface area contributed by atoms with E-state index in [9.17, 15) is 0 Å². The van der Waals surface area contributed by atoms with Crippen LogP contribution in [-0.2, 0) is 11.2 Å². The van der Waals surface area contributed by atoms with Crippen LogP contribution in [0.5, 0.6) is 0 Å². The molecular weight excluding hydrogens is 443 g/mol. The van der Waals surface area contributed by atoms with Crippen LogP contribution >= 0.6 is 24.0 Å². The van der Waals surface area contributed by atoms with Crippen LogP contribution in [0.4, 0.5) is 0 Å². The molecule has 0 saturated carbocycles. The Morgan fingerprint density at radius 1 is 1.23 bits per heavy atom. The zero-order valence-corrected chi connectivity index (χ0v) is 18.5. The van der Waals surface area contributed by atoms with Gasteiger partial charge < -0.3 is 19.8 Å². The van der Waals surface area contributed by atoms with E-state index in [1.54, 1.807) is 6.26 Å². The number of ether oxygens (including phenoxy) is 1. The molecular formula is C19H35IN4O2. The van der Waals surface area contributed by atoms with E-state index < -0.39 is 0 Å². The van der Waals surface area contributed by atoms with Gasteiger partial charge >= 0.3 is 0 Å². The number of morpholine rings is 1. The molecule has 1 fully saturated rings. The second-order valence-corrected chi connectivity index (χ2v) is 6.90. The number of halogens is 1. The first-order valence-corrected chi connectivity index (χ1v) is 9.58. The lowest BCUT2D eigenvalue weighted by Gasteiger charge is -2.26. The average Bonchev–Trinajstić information content (AvgIpc) is 3.12. The molecule has 1 aromatic rings. The van der Waals surface area contributed by atoms with Crippen molar-refractivity contribution in [3.63, 3.8) is 0 Å². The summed E-state index contributed by atoms with van der Waals surface area (Å²) in [4.78, 5) is 7.14. The van der Waals surface area contributed by atoms with Crippen LogP contribution in [0.25, 0.3) is 0 Å². The van der Waals surface area contributed by atoms with E-state index in [0.717, 1.165) is 83.0 Å². The monoisotopic (exact) mass is 478 g/mol. The minimum atomic E-state index is 0. The summed E-state index contributed by atoms with van der Waals surface area (Å²) < 4.78 is 10.8. The predicted molar refractivity (Wildman–Crippen MR) is 117 cm³/mol. The topological polar surface area (TPSA) is 62.0 Å².